The largest absolute Gasteiger partial charge is 0.312 e. The molecule has 1 atom stereocenters. The molecule has 0 saturated heterocycles. The second-order valence-electron chi connectivity index (χ2n) is 5.04. The summed E-state index contributed by atoms with van der Waals surface area (Å²) in [5, 5.41) is 3.42. The molecule has 0 aromatic carbocycles. The molecule has 0 aliphatic rings. The van der Waals surface area contributed by atoms with Crippen molar-refractivity contribution in [2.75, 3.05) is 6.54 Å². The summed E-state index contributed by atoms with van der Waals surface area (Å²) in [6.07, 6.45) is 12.4. The molecule has 1 nitrogen and oxygen atoms in total. The minimum absolute atomic E-state index is 0.810. The highest BCUT2D eigenvalue weighted by Crippen LogP contribution is 2.08. The Morgan fingerprint density at radius 3 is 2.19 bits per heavy atom. The molecule has 1 heteroatoms. The van der Waals surface area contributed by atoms with E-state index in [4.69, 9.17) is 0 Å². The predicted octanol–water partition coefficient (Wildman–Crippen LogP) is 4.92. The van der Waals surface area contributed by atoms with Crippen LogP contribution in [-0.4, -0.2) is 6.54 Å². The Hall–Kier alpha value is -0.0400. The minimum atomic E-state index is 0.810. The lowest BCUT2D eigenvalue weighted by Crippen LogP contribution is -2.17. The zero-order valence-corrected chi connectivity index (χ0v) is 11.7. The Morgan fingerprint density at radius 1 is 0.938 bits per heavy atom. The lowest BCUT2D eigenvalue weighted by Gasteiger charge is -2.09. The summed E-state index contributed by atoms with van der Waals surface area (Å²) in [4.78, 5) is 0. The number of unbranched alkanes of at least 4 members (excludes halogenated alkanes) is 7. The molecule has 0 rings (SSSR count). The average molecular weight is 226 g/mol. The molecule has 0 aromatic heterocycles. The molecule has 1 N–H and O–H groups in total. The van der Waals surface area contributed by atoms with Gasteiger partial charge in [-0.15, -0.1) is 0 Å². The van der Waals surface area contributed by atoms with Gasteiger partial charge in [0.15, 0.2) is 0 Å². The van der Waals surface area contributed by atoms with Crippen molar-refractivity contribution < 1.29 is 0 Å². The Balaban J connectivity index is 2.93. The molecule has 0 aliphatic carbocycles. The minimum Gasteiger partial charge on any atom is -0.312 e. The summed E-state index contributed by atoms with van der Waals surface area (Å²) in [5.74, 6) is 0.810. The van der Waals surface area contributed by atoms with Gasteiger partial charge in [-0.2, -0.15) is 0 Å². The van der Waals surface area contributed by atoms with E-state index >= 15 is 0 Å². The van der Waals surface area contributed by atoms with Gasteiger partial charge in [0.2, 0.25) is 0 Å². The zero-order chi connectivity index (χ0) is 12.1. The van der Waals surface area contributed by atoms with Gasteiger partial charge in [-0.05, 0) is 18.9 Å². The van der Waals surface area contributed by atoms with Crippen molar-refractivity contribution in [1.82, 2.24) is 5.32 Å². The SMILES string of the molecule is CCCCCCCCC[CH]NCC(C)CC. The Labute approximate surface area is 103 Å². The summed E-state index contributed by atoms with van der Waals surface area (Å²) in [6.45, 7) is 10.2. The number of hydrogen-bond donors (Lipinski definition) is 1. The number of nitrogens with one attached hydrogen (secondary N) is 1. The molecule has 0 saturated carbocycles. The standard InChI is InChI=1S/C15H32N/c1-4-6-7-8-9-10-11-12-13-16-14-15(3)5-2/h13,15-16H,4-12,14H2,1-3H3. The van der Waals surface area contributed by atoms with E-state index in [2.05, 4.69) is 32.6 Å². The van der Waals surface area contributed by atoms with Crippen molar-refractivity contribution in [3.8, 4) is 0 Å². The van der Waals surface area contributed by atoms with Crippen LogP contribution in [0.5, 0.6) is 0 Å². The molecule has 0 aromatic rings. The second-order valence-corrected chi connectivity index (χ2v) is 5.04. The first-order chi connectivity index (χ1) is 7.81. The maximum Gasteiger partial charge on any atom is 0.0221 e. The topological polar surface area (TPSA) is 12.0 Å². The first kappa shape index (κ1) is 16.0. The third kappa shape index (κ3) is 12.0. The average Bonchev–Trinajstić information content (AvgIpc) is 2.31. The molecule has 0 aliphatic heterocycles. The molecule has 1 unspecified atom stereocenters. The molecular formula is C15H32N. The van der Waals surface area contributed by atoms with Crippen LogP contribution in [-0.2, 0) is 0 Å². The van der Waals surface area contributed by atoms with Crippen molar-refractivity contribution in [2.24, 2.45) is 5.92 Å². The van der Waals surface area contributed by atoms with Crippen molar-refractivity contribution in [1.29, 1.82) is 0 Å². The van der Waals surface area contributed by atoms with Crippen LogP contribution in [0, 0.1) is 12.5 Å². The molecule has 0 bridgehead atoms. The van der Waals surface area contributed by atoms with Crippen molar-refractivity contribution >= 4 is 0 Å². The lowest BCUT2D eigenvalue weighted by atomic mass is 10.1. The van der Waals surface area contributed by atoms with Gasteiger partial charge in [0.1, 0.15) is 0 Å². The quantitative estimate of drug-likeness (QED) is 0.465. The van der Waals surface area contributed by atoms with Crippen molar-refractivity contribution in [2.45, 2.75) is 78.6 Å². The molecule has 1 radical (unpaired) electrons. The molecule has 0 fully saturated rings. The van der Waals surface area contributed by atoms with E-state index < -0.39 is 0 Å². The summed E-state index contributed by atoms with van der Waals surface area (Å²) < 4.78 is 0. The molecule has 0 spiro atoms. The third-order valence-electron chi connectivity index (χ3n) is 3.26. The molecule has 0 heterocycles. The summed E-state index contributed by atoms with van der Waals surface area (Å²) in [5.41, 5.74) is 0. The maximum atomic E-state index is 3.42. The van der Waals surface area contributed by atoms with Gasteiger partial charge in [0.05, 0.1) is 0 Å². The highest BCUT2D eigenvalue weighted by molar-refractivity contribution is 4.64. The second kappa shape index (κ2) is 13.0. The lowest BCUT2D eigenvalue weighted by molar-refractivity contribution is 0.513. The Bertz CT molecular complexity index is 123. The van der Waals surface area contributed by atoms with Gasteiger partial charge in [-0.3, -0.25) is 0 Å². The van der Waals surface area contributed by atoms with E-state index in [1.807, 2.05) is 0 Å². The van der Waals surface area contributed by atoms with Gasteiger partial charge in [0, 0.05) is 6.54 Å². The predicted molar refractivity (Wildman–Crippen MR) is 74.4 cm³/mol. The molecule has 0 amide bonds. The van der Waals surface area contributed by atoms with Gasteiger partial charge in [-0.25, -0.2) is 0 Å². The van der Waals surface area contributed by atoms with Crippen LogP contribution in [0.15, 0.2) is 0 Å². The highest BCUT2D eigenvalue weighted by Gasteiger charge is 1.97. The molecule has 16 heavy (non-hydrogen) atoms. The van der Waals surface area contributed by atoms with Crippen LogP contribution in [0.2, 0.25) is 0 Å². The maximum absolute atomic E-state index is 3.42. The van der Waals surface area contributed by atoms with Crippen molar-refractivity contribution in [3.63, 3.8) is 0 Å². The van der Waals surface area contributed by atoms with Crippen LogP contribution in [0.3, 0.4) is 0 Å². The van der Waals surface area contributed by atoms with Gasteiger partial charge in [0.25, 0.3) is 0 Å². The van der Waals surface area contributed by atoms with Crippen LogP contribution in [0.25, 0.3) is 0 Å². The Morgan fingerprint density at radius 2 is 1.56 bits per heavy atom. The first-order valence-electron chi connectivity index (χ1n) is 7.36. The van der Waals surface area contributed by atoms with Crippen LogP contribution >= 0.6 is 0 Å². The monoisotopic (exact) mass is 226 g/mol. The summed E-state index contributed by atoms with van der Waals surface area (Å²) in [7, 11) is 0. The van der Waals surface area contributed by atoms with Gasteiger partial charge in [-0.1, -0.05) is 72.1 Å². The fourth-order valence-electron chi connectivity index (χ4n) is 1.73. The smallest absolute Gasteiger partial charge is 0.0221 e. The normalized spacial score (nSPS) is 12.9. The van der Waals surface area contributed by atoms with Crippen LogP contribution < -0.4 is 5.32 Å². The van der Waals surface area contributed by atoms with Gasteiger partial charge >= 0.3 is 0 Å². The summed E-state index contributed by atoms with van der Waals surface area (Å²) in [6, 6.07) is 0. The van der Waals surface area contributed by atoms with Crippen molar-refractivity contribution in [3.05, 3.63) is 6.54 Å². The molecular weight excluding hydrogens is 194 g/mol. The third-order valence-corrected chi connectivity index (χ3v) is 3.26. The van der Waals surface area contributed by atoms with Gasteiger partial charge < -0.3 is 5.32 Å². The Kier molecular flexibility index (Phi) is 13.0. The van der Waals surface area contributed by atoms with E-state index in [0.29, 0.717) is 0 Å². The van der Waals surface area contributed by atoms with Crippen LogP contribution in [0.1, 0.15) is 78.6 Å². The summed E-state index contributed by atoms with van der Waals surface area (Å²) >= 11 is 0. The highest BCUT2D eigenvalue weighted by atomic mass is 14.8. The van der Waals surface area contributed by atoms with Crippen LogP contribution in [0.4, 0.5) is 0 Å². The van der Waals surface area contributed by atoms with E-state index in [-0.39, 0.29) is 0 Å². The molecule has 97 valence electrons. The zero-order valence-electron chi connectivity index (χ0n) is 11.7. The fourth-order valence-corrected chi connectivity index (χ4v) is 1.73. The van der Waals surface area contributed by atoms with E-state index in [1.165, 1.54) is 57.8 Å². The fraction of sp³-hybridized carbons (Fsp3) is 0.933. The van der Waals surface area contributed by atoms with E-state index in [9.17, 15) is 0 Å². The van der Waals surface area contributed by atoms with E-state index in [0.717, 1.165) is 12.5 Å². The van der Waals surface area contributed by atoms with E-state index in [1.54, 1.807) is 0 Å². The number of hydrogen-bond acceptors (Lipinski definition) is 1. The first-order valence-corrected chi connectivity index (χ1v) is 7.36. The number of rotatable bonds is 12.